The third-order valence-electron chi connectivity index (χ3n) is 6.62. The SMILES string of the molecule is CC1(C)CN(c2ncc3cc(C4(N)CC5(CC(N)C5)C4)ccc3n2)CCO1. The van der Waals surface area contributed by atoms with E-state index < -0.39 is 0 Å². The molecule has 1 aliphatic heterocycles. The number of nitrogens with two attached hydrogens (primary N) is 2. The molecule has 0 amide bonds. The summed E-state index contributed by atoms with van der Waals surface area (Å²) in [4.78, 5) is 11.6. The first-order valence-electron chi connectivity index (χ1n) is 9.97. The van der Waals surface area contributed by atoms with Crippen LogP contribution >= 0.6 is 0 Å². The summed E-state index contributed by atoms with van der Waals surface area (Å²) in [6.45, 7) is 6.53. The second kappa shape index (κ2) is 5.63. The normalized spacial score (nSPS) is 35.1. The van der Waals surface area contributed by atoms with Gasteiger partial charge in [0, 0.05) is 36.3 Å². The van der Waals surface area contributed by atoms with Gasteiger partial charge >= 0.3 is 0 Å². The second-order valence-electron chi connectivity index (χ2n) is 9.65. The fraction of sp³-hybridized carbons (Fsp3) is 0.619. The van der Waals surface area contributed by atoms with Gasteiger partial charge in [-0.05, 0) is 62.6 Å². The third-order valence-corrected chi connectivity index (χ3v) is 6.62. The van der Waals surface area contributed by atoms with Gasteiger partial charge in [0.05, 0.1) is 17.7 Å². The molecule has 0 unspecified atom stereocenters. The van der Waals surface area contributed by atoms with Gasteiger partial charge in [0.25, 0.3) is 0 Å². The molecule has 0 bridgehead atoms. The van der Waals surface area contributed by atoms with Crippen LogP contribution in [0.5, 0.6) is 0 Å². The molecular weight excluding hydrogens is 338 g/mol. The van der Waals surface area contributed by atoms with Crippen molar-refractivity contribution in [1.82, 2.24) is 9.97 Å². The average molecular weight is 367 g/mol. The number of hydrogen-bond acceptors (Lipinski definition) is 6. The maximum absolute atomic E-state index is 6.72. The van der Waals surface area contributed by atoms with Gasteiger partial charge in [0.2, 0.25) is 5.95 Å². The van der Waals surface area contributed by atoms with Gasteiger partial charge in [-0.15, -0.1) is 0 Å². The highest BCUT2D eigenvalue weighted by Gasteiger charge is 2.58. The van der Waals surface area contributed by atoms with Crippen LogP contribution in [0.2, 0.25) is 0 Å². The first-order chi connectivity index (χ1) is 12.8. The smallest absolute Gasteiger partial charge is 0.226 e. The van der Waals surface area contributed by atoms with Crippen LogP contribution in [0.3, 0.4) is 0 Å². The first kappa shape index (κ1) is 17.3. The van der Waals surface area contributed by atoms with E-state index in [-0.39, 0.29) is 11.1 Å². The highest BCUT2D eigenvalue weighted by Crippen LogP contribution is 2.62. The molecule has 2 aliphatic carbocycles. The van der Waals surface area contributed by atoms with Gasteiger partial charge in [-0.3, -0.25) is 0 Å². The lowest BCUT2D eigenvalue weighted by molar-refractivity contribution is -0.0589. The van der Waals surface area contributed by atoms with Gasteiger partial charge in [0.15, 0.2) is 0 Å². The summed E-state index contributed by atoms with van der Waals surface area (Å²) in [5.74, 6) is 0.778. The van der Waals surface area contributed by atoms with Crippen molar-refractivity contribution in [2.75, 3.05) is 24.6 Å². The minimum atomic E-state index is -0.221. The van der Waals surface area contributed by atoms with E-state index in [1.165, 1.54) is 5.56 Å². The molecule has 3 fully saturated rings. The first-order valence-corrected chi connectivity index (χ1v) is 9.97. The molecule has 1 saturated heterocycles. The minimum absolute atomic E-state index is 0.170. The van der Waals surface area contributed by atoms with Crippen LogP contribution in [0.15, 0.2) is 24.4 Å². The number of benzene rings is 1. The van der Waals surface area contributed by atoms with E-state index in [4.69, 9.17) is 21.2 Å². The Morgan fingerprint density at radius 1 is 1.22 bits per heavy atom. The van der Waals surface area contributed by atoms with E-state index >= 15 is 0 Å². The average Bonchev–Trinajstić information content (AvgIpc) is 2.57. The Balaban J connectivity index is 1.38. The Labute approximate surface area is 160 Å². The molecule has 1 aromatic carbocycles. The number of rotatable bonds is 2. The minimum Gasteiger partial charge on any atom is -0.372 e. The standard InChI is InChI=1S/C21H29N5O/c1-19(2)13-26(5-6-27-19)18-24-10-14-7-15(3-4-17(14)25-18)21(23)11-20(12-21)8-16(22)9-20/h3-4,7,10,16H,5-6,8-9,11-13,22-23H2,1-2H3. The van der Waals surface area contributed by atoms with Gasteiger partial charge in [-0.25, -0.2) is 9.97 Å². The Kier molecular flexibility index (Phi) is 3.61. The van der Waals surface area contributed by atoms with Gasteiger partial charge < -0.3 is 21.1 Å². The fourth-order valence-electron chi connectivity index (χ4n) is 5.50. The van der Waals surface area contributed by atoms with E-state index in [1.54, 1.807) is 0 Å². The zero-order chi connectivity index (χ0) is 18.9. The Morgan fingerprint density at radius 3 is 2.70 bits per heavy atom. The number of aromatic nitrogens is 2. The van der Waals surface area contributed by atoms with Crippen molar-refractivity contribution in [2.24, 2.45) is 16.9 Å². The molecule has 0 radical (unpaired) electrons. The molecule has 2 saturated carbocycles. The van der Waals surface area contributed by atoms with Crippen LogP contribution in [0.25, 0.3) is 10.9 Å². The van der Waals surface area contributed by atoms with E-state index in [1.807, 2.05) is 6.20 Å². The fourth-order valence-corrected chi connectivity index (χ4v) is 5.50. The Bertz CT molecular complexity index is 881. The maximum Gasteiger partial charge on any atom is 0.226 e. The molecule has 4 N–H and O–H groups in total. The molecule has 2 aromatic rings. The lowest BCUT2D eigenvalue weighted by atomic mass is 9.46. The summed E-state index contributed by atoms with van der Waals surface area (Å²) >= 11 is 0. The van der Waals surface area contributed by atoms with Crippen molar-refractivity contribution in [1.29, 1.82) is 0 Å². The van der Waals surface area contributed by atoms with E-state index in [0.717, 1.165) is 55.6 Å². The second-order valence-corrected chi connectivity index (χ2v) is 9.65. The van der Waals surface area contributed by atoms with Crippen molar-refractivity contribution in [3.05, 3.63) is 30.0 Å². The molecule has 1 aromatic heterocycles. The quantitative estimate of drug-likeness (QED) is 0.846. The van der Waals surface area contributed by atoms with E-state index in [9.17, 15) is 0 Å². The molecule has 0 atom stereocenters. The highest BCUT2D eigenvalue weighted by molar-refractivity contribution is 5.80. The van der Waals surface area contributed by atoms with Crippen molar-refractivity contribution >= 4 is 16.9 Å². The predicted octanol–water partition coefficient (Wildman–Crippen LogP) is 2.30. The summed E-state index contributed by atoms with van der Waals surface area (Å²) in [6, 6.07) is 6.79. The van der Waals surface area contributed by atoms with Crippen molar-refractivity contribution < 1.29 is 4.74 Å². The topological polar surface area (TPSA) is 90.3 Å². The predicted molar refractivity (Wildman–Crippen MR) is 107 cm³/mol. The molecule has 3 aliphatic rings. The van der Waals surface area contributed by atoms with Crippen molar-refractivity contribution in [2.45, 2.75) is 56.7 Å². The Morgan fingerprint density at radius 2 is 2.00 bits per heavy atom. The number of hydrogen-bond donors (Lipinski definition) is 2. The van der Waals surface area contributed by atoms with E-state index in [0.29, 0.717) is 18.1 Å². The lowest BCUT2D eigenvalue weighted by Gasteiger charge is -2.62. The van der Waals surface area contributed by atoms with E-state index in [2.05, 4.69) is 41.9 Å². The summed E-state index contributed by atoms with van der Waals surface area (Å²) in [5.41, 5.74) is 14.9. The molecule has 6 nitrogen and oxygen atoms in total. The summed E-state index contributed by atoms with van der Waals surface area (Å²) in [5, 5.41) is 1.06. The summed E-state index contributed by atoms with van der Waals surface area (Å²) in [7, 11) is 0. The number of anilines is 1. The largest absolute Gasteiger partial charge is 0.372 e. The third kappa shape index (κ3) is 2.91. The molecule has 27 heavy (non-hydrogen) atoms. The lowest BCUT2D eigenvalue weighted by Crippen LogP contribution is -2.63. The maximum atomic E-state index is 6.72. The van der Waals surface area contributed by atoms with Crippen LogP contribution < -0.4 is 16.4 Å². The Hall–Kier alpha value is -1.76. The van der Waals surface area contributed by atoms with Gasteiger partial charge in [-0.1, -0.05) is 6.07 Å². The monoisotopic (exact) mass is 367 g/mol. The van der Waals surface area contributed by atoms with Crippen LogP contribution in [-0.2, 0) is 10.3 Å². The van der Waals surface area contributed by atoms with Crippen LogP contribution in [-0.4, -0.2) is 41.3 Å². The van der Waals surface area contributed by atoms with Crippen LogP contribution in [0.1, 0.15) is 45.1 Å². The number of fused-ring (bicyclic) bond motifs is 1. The molecule has 5 rings (SSSR count). The number of ether oxygens (including phenoxy) is 1. The summed E-state index contributed by atoms with van der Waals surface area (Å²) in [6.07, 6.45) is 6.27. The van der Waals surface area contributed by atoms with Crippen molar-refractivity contribution in [3.63, 3.8) is 0 Å². The molecule has 1 spiro atoms. The highest BCUT2D eigenvalue weighted by atomic mass is 16.5. The zero-order valence-corrected chi connectivity index (χ0v) is 16.2. The number of nitrogens with zero attached hydrogens (tertiary/aromatic N) is 3. The van der Waals surface area contributed by atoms with Crippen LogP contribution in [0, 0.1) is 5.41 Å². The summed E-state index contributed by atoms with van der Waals surface area (Å²) < 4.78 is 5.79. The van der Waals surface area contributed by atoms with Crippen molar-refractivity contribution in [3.8, 4) is 0 Å². The van der Waals surface area contributed by atoms with Crippen LogP contribution in [0.4, 0.5) is 5.95 Å². The molecule has 144 valence electrons. The van der Waals surface area contributed by atoms with Gasteiger partial charge in [0.1, 0.15) is 0 Å². The molecular formula is C21H29N5O. The van der Waals surface area contributed by atoms with Gasteiger partial charge in [-0.2, -0.15) is 0 Å². The zero-order valence-electron chi connectivity index (χ0n) is 16.2. The molecule has 2 heterocycles. The molecule has 6 heteroatoms. The number of morpholine rings is 1.